The van der Waals surface area contributed by atoms with E-state index in [0.717, 1.165) is 18.2 Å². The molecular formula is C18H18FNO. The van der Waals surface area contributed by atoms with Gasteiger partial charge in [-0.25, -0.2) is 4.39 Å². The molecule has 1 unspecified atom stereocenters. The first-order valence-electron chi connectivity index (χ1n) is 7.12. The number of hydrogen-bond acceptors (Lipinski definition) is 2. The van der Waals surface area contributed by atoms with Gasteiger partial charge in [-0.1, -0.05) is 29.8 Å². The predicted molar refractivity (Wildman–Crippen MR) is 82.6 cm³/mol. The van der Waals surface area contributed by atoms with Crippen LogP contribution in [0.25, 0.3) is 11.0 Å². The normalized spacial score (nSPS) is 12.7. The molecule has 0 radical (unpaired) electrons. The fourth-order valence-corrected chi connectivity index (χ4v) is 2.44. The molecule has 21 heavy (non-hydrogen) atoms. The van der Waals surface area contributed by atoms with Crippen molar-refractivity contribution >= 4 is 11.0 Å². The average molecular weight is 283 g/mol. The van der Waals surface area contributed by atoms with E-state index in [1.807, 2.05) is 6.07 Å². The summed E-state index contributed by atoms with van der Waals surface area (Å²) >= 11 is 0. The molecule has 0 aliphatic rings. The minimum absolute atomic E-state index is 0.179. The second-order valence-corrected chi connectivity index (χ2v) is 5.46. The summed E-state index contributed by atoms with van der Waals surface area (Å²) in [6.45, 7) is 2.07. The molecule has 2 N–H and O–H groups in total. The van der Waals surface area contributed by atoms with Gasteiger partial charge in [-0.05, 0) is 49.6 Å². The van der Waals surface area contributed by atoms with E-state index in [1.165, 1.54) is 23.3 Å². The van der Waals surface area contributed by atoms with Gasteiger partial charge in [0.2, 0.25) is 0 Å². The van der Waals surface area contributed by atoms with Crippen LogP contribution < -0.4 is 5.73 Å². The molecule has 2 nitrogen and oxygen atoms in total. The Hall–Kier alpha value is -2.13. The van der Waals surface area contributed by atoms with Gasteiger partial charge in [0.1, 0.15) is 17.2 Å². The number of furan rings is 1. The Kier molecular flexibility index (Phi) is 3.76. The molecule has 0 saturated heterocycles. The molecular weight excluding hydrogens is 265 g/mol. The topological polar surface area (TPSA) is 39.2 Å². The molecule has 0 amide bonds. The zero-order chi connectivity index (χ0) is 14.8. The van der Waals surface area contributed by atoms with Crippen LogP contribution in [0, 0.1) is 12.7 Å². The van der Waals surface area contributed by atoms with Gasteiger partial charge >= 0.3 is 0 Å². The van der Waals surface area contributed by atoms with Crippen LogP contribution in [0.3, 0.4) is 0 Å². The van der Waals surface area contributed by atoms with Gasteiger partial charge in [0, 0.05) is 5.39 Å². The Morgan fingerprint density at radius 2 is 1.86 bits per heavy atom. The van der Waals surface area contributed by atoms with E-state index < -0.39 is 0 Å². The van der Waals surface area contributed by atoms with Gasteiger partial charge in [-0.2, -0.15) is 0 Å². The van der Waals surface area contributed by atoms with Gasteiger partial charge in [0.15, 0.2) is 0 Å². The fraction of sp³-hybridized carbons (Fsp3) is 0.222. The van der Waals surface area contributed by atoms with Crippen molar-refractivity contribution in [2.24, 2.45) is 5.73 Å². The van der Waals surface area contributed by atoms with Crippen molar-refractivity contribution in [3.63, 3.8) is 0 Å². The quantitative estimate of drug-likeness (QED) is 0.765. The molecule has 108 valence electrons. The number of fused-ring (bicyclic) bond motifs is 1. The van der Waals surface area contributed by atoms with Crippen LogP contribution in [0.15, 0.2) is 52.9 Å². The zero-order valence-electron chi connectivity index (χ0n) is 12.0. The Bertz CT molecular complexity index is 746. The summed E-state index contributed by atoms with van der Waals surface area (Å²) in [7, 11) is 0. The number of nitrogens with two attached hydrogens (primary N) is 1. The maximum Gasteiger partial charge on any atom is 0.134 e. The lowest BCUT2D eigenvalue weighted by Crippen LogP contribution is -2.10. The molecule has 1 atom stereocenters. The van der Waals surface area contributed by atoms with E-state index in [1.54, 1.807) is 6.07 Å². The first-order chi connectivity index (χ1) is 10.1. The van der Waals surface area contributed by atoms with Gasteiger partial charge in [-0.3, -0.25) is 0 Å². The van der Waals surface area contributed by atoms with E-state index >= 15 is 0 Å². The first kappa shape index (κ1) is 13.8. The number of aryl methyl sites for hydroxylation is 2. The molecule has 2 aromatic carbocycles. The highest BCUT2D eigenvalue weighted by molar-refractivity contribution is 5.78. The second-order valence-electron chi connectivity index (χ2n) is 5.46. The summed E-state index contributed by atoms with van der Waals surface area (Å²) in [5.41, 5.74) is 9.38. The largest absolute Gasteiger partial charge is 0.459 e. The maximum absolute atomic E-state index is 13.2. The average Bonchev–Trinajstić information content (AvgIpc) is 2.89. The number of hydrogen-bond donors (Lipinski definition) is 1. The lowest BCUT2D eigenvalue weighted by atomic mass is 10.0. The molecule has 0 fully saturated rings. The first-order valence-corrected chi connectivity index (χ1v) is 7.12. The van der Waals surface area contributed by atoms with Crippen LogP contribution in [0.2, 0.25) is 0 Å². The molecule has 0 aliphatic heterocycles. The highest BCUT2D eigenvalue weighted by atomic mass is 19.1. The number of rotatable bonds is 4. The minimum atomic E-state index is -0.261. The standard InChI is InChI=1S/C18H18FNO/c1-12-2-4-13(5-3-12)6-8-16(20)18-11-14-10-15(19)7-9-17(14)21-18/h2-5,7,9-11,16H,6,8,20H2,1H3. The van der Waals surface area contributed by atoms with Crippen LogP contribution in [-0.4, -0.2) is 0 Å². The third-order valence-electron chi connectivity index (χ3n) is 3.73. The van der Waals surface area contributed by atoms with E-state index in [-0.39, 0.29) is 11.9 Å². The van der Waals surface area contributed by atoms with Crippen LogP contribution in [-0.2, 0) is 6.42 Å². The Morgan fingerprint density at radius 3 is 2.62 bits per heavy atom. The smallest absolute Gasteiger partial charge is 0.134 e. The molecule has 3 heteroatoms. The number of benzene rings is 2. The summed E-state index contributed by atoms with van der Waals surface area (Å²) in [4.78, 5) is 0. The zero-order valence-corrected chi connectivity index (χ0v) is 12.0. The van der Waals surface area contributed by atoms with Crippen molar-refractivity contribution in [1.82, 2.24) is 0 Å². The van der Waals surface area contributed by atoms with Crippen molar-refractivity contribution in [3.8, 4) is 0 Å². The number of halogens is 1. The Labute approximate surface area is 123 Å². The van der Waals surface area contributed by atoms with E-state index in [0.29, 0.717) is 11.3 Å². The van der Waals surface area contributed by atoms with Crippen molar-refractivity contribution in [2.75, 3.05) is 0 Å². The van der Waals surface area contributed by atoms with Crippen LogP contribution in [0.5, 0.6) is 0 Å². The van der Waals surface area contributed by atoms with Gasteiger partial charge in [0.25, 0.3) is 0 Å². The van der Waals surface area contributed by atoms with Crippen molar-refractivity contribution in [3.05, 3.63) is 71.2 Å². The van der Waals surface area contributed by atoms with Crippen LogP contribution in [0.1, 0.15) is 29.3 Å². The lowest BCUT2D eigenvalue weighted by molar-refractivity contribution is 0.478. The van der Waals surface area contributed by atoms with Gasteiger partial charge in [0.05, 0.1) is 6.04 Å². The predicted octanol–water partition coefficient (Wildman–Crippen LogP) is 4.51. The summed E-state index contributed by atoms with van der Waals surface area (Å²) in [6.07, 6.45) is 1.69. The second kappa shape index (κ2) is 5.70. The molecule has 3 aromatic rings. The van der Waals surface area contributed by atoms with Crippen LogP contribution >= 0.6 is 0 Å². The maximum atomic E-state index is 13.2. The van der Waals surface area contributed by atoms with E-state index in [4.69, 9.17) is 10.2 Å². The highest BCUT2D eigenvalue weighted by Crippen LogP contribution is 2.26. The third-order valence-corrected chi connectivity index (χ3v) is 3.73. The van der Waals surface area contributed by atoms with Crippen molar-refractivity contribution in [2.45, 2.75) is 25.8 Å². The molecule has 0 saturated carbocycles. The SMILES string of the molecule is Cc1ccc(CCC(N)c2cc3cc(F)ccc3o2)cc1. The monoisotopic (exact) mass is 283 g/mol. The van der Waals surface area contributed by atoms with Gasteiger partial charge in [-0.15, -0.1) is 0 Å². The van der Waals surface area contributed by atoms with Crippen molar-refractivity contribution in [1.29, 1.82) is 0 Å². The lowest BCUT2D eigenvalue weighted by Gasteiger charge is -2.08. The summed E-state index contributed by atoms with van der Waals surface area (Å²) in [5.74, 6) is 0.450. The molecule has 0 aliphatic carbocycles. The van der Waals surface area contributed by atoms with E-state index in [9.17, 15) is 4.39 Å². The third kappa shape index (κ3) is 3.14. The molecule has 1 heterocycles. The molecule has 0 spiro atoms. The molecule has 3 rings (SSSR count). The molecule has 1 aromatic heterocycles. The Morgan fingerprint density at radius 1 is 1.10 bits per heavy atom. The highest BCUT2D eigenvalue weighted by Gasteiger charge is 2.12. The van der Waals surface area contributed by atoms with Crippen molar-refractivity contribution < 1.29 is 8.81 Å². The Balaban J connectivity index is 1.71. The van der Waals surface area contributed by atoms with Crippen LogP contribution in [0.4, 0.5) is 4.39 Å². The summed E-state index contributed by atoms with van der Waals surface area (Å²) < 4.78 is 18.9. The molecule has 0 bridgehead atoms. The van der Waals surface area contributed by atoms with E-state index in [2.05, 4.69) is 31.2 Å². The summed E-state index contributed by atoms with van der Waals surface area (Å²) in [6, 6.07) is 14.6. The minimum Gasteiger partial charge on any atom is -0.459 e. The fourth-order valence-electron chi connectivity index (χ4n) is 2.44. The van der Waals surface area contributed by atoms with Gasteiger partial charge < -0.3 is 10.2 Å². The summed E-state index contributed by atoms with van der Waals surface area (Å²) in [5, 5.41) is 0.760.